The van der Waals surface area contributed by atoms with E-state index in [-0.39, 0.29) is 22.2 Å². The second kappa shape index (κ2) is 10.4. The lowest BCUT2D eigenvalue weighted by Gasteiger charge is -2.11. The number of carbonyl (C=O) groups is 1. The molecular weight excluding hydrogens is 456 g/mol. The largest absolute Gasteiger partial charge is 0.348 e. The number of hydrogen-bond acceptors (Lipinski definition) is 6. The maximum atomic E-state index is 12.6. The summed E-state index contributed by atoms with van der Waals surface area (Å²) in [5.74, 6) is -0.291. The fourth-order valence-electron chi connectivity index (χ4n) is 3.27. The molecule has 0 aliphatic rings. The zero-order valence-corrected chi connectivity index (χ0v) is 19.9. The number of anilines is 1. The van der Waals surface area contributed by atoms with E-state index >= 15 is 0 Å². The topological polar surface area (TPSA) is 122 Å². The lowest BCUT2D eigenvalue weighted by molar-refractivity contribution is -0.385. The molecule has 10 heteroatoms. The molecule has 0 atom stereocenters. The van der Waals surface area contributed by atoms with Crippen molar-refractivity contribution in [3.63, 3.8) is 0 Å². The highest BCUT2D eigenvalue weighted by Gasteiger charge is 2.20. The molecule has 0 aromatic heterocycles. The summed E-state index contributed by atoms with van der Waals surface area (Å²) >= 11 is 0. The van der Waals surface area contributed by atoms with Crippen molar-refractivity contribution in [1.82, 2.24) is 10.2 Å². The summed E-state index contributed by atoms with van der Waals surface area (Å²) < 4.78 is 27.6. The molecule has 0 heterocycles. The van der Waals surface area contributed by atoms with Crippen LogP contribution in [0.3, 0.4) is 0 Å². The van der Waals surface area contributed by atoms with E-state index in [0.717, 1.165) is 18.2 Å². The van der Waals surface area contributed by atoms with Gasteiger partial charge in [-0.2, -0.15) is 0 Å². The fourth-order valence-corrected chi connectivity index (χ4v) is 4.35. The predicted octanol–water partition coefficient (Wildman–Crippen LogP) is 3.70. The zero-order valence-electron chi connectivity index (χ0n) is 19.1. The normalized spacial score (nSPS) is 11.3. The van der Waals surface area contributed by atoms with Crippen molar-refractivity contribution in [3.05, 3.63) is 99.1 Å². The van der Waals surface area contributed by atoms with Crippen LogP contribution in [0.2, 0.25) is 0 Å². The number of amides is 1. The summed E-state index contributed by atoms with van der Waals surface area (Å²) in [5.41, 5.74) is 2.84. The van der Waals surface area contributed by atoms with Crippen molar-refractivity contribution in [1.29, 1.82) is 0 Å². The Labute approximate surface area is 198 Å². The van der Waals surface area contributed by atoms with Gasteiger partial charge in [-0.1, -0.05) is 30.3 Å². The minimum absolute atomic E-state index is 0.219. The molecule has 2 N–H and O–H groups in total. The number of hydrogen-bond donors (Lipinski definition) is 2. The number of nitrogens with zero attached hydrogens (tertiary/aromatic N) is 2. The smallest absolute Gasteiger partial charge is 0.273 e. The van der Waals surface area contributed by atoms with Gasteiger partial charge in [-0.25, -0.2) is 8.42 Å². The highest BCUT2D eigenvalue weighted by Crippen LogP contribution is 2.24. The standard InChI is InChI=1S/C24H26N4O5S/c1-17-4-13-22(14-23(17)28(30)31)34(32,33)26-21-11-9-20(10-12-21)24(29)25-15-18-5-7-19(8-6-18)16-27(2)3/h4-14,26H,15-16H2,1-3H3,(H,25,29). The third-order valence-electron chi connectivity index (χ3n) is 5.06. The molecule has 9 nitrogen and oxygen atoms in total. The van der Waals surface area contributed by atoms with E-state index in [2.05, 4.69) is 14.9 Å². The Morgan fingerprint density at radius 1 is 0.971 bits per heavy atom. The third kappa shape index (κ3) is 6.40. The average Bonchev–Trinajstić information content (AvgIpc) is 2.78. The van der Waals surface area contributed by atoms with Crippen LogP contribution < -0.4 is 10.0 Å². The molecule has 0 saturated carbocycles. The maximum Gasteiger partial charge on any atom is 0.273 e. The van der Waals surface area contributed by atoms with Crippen LogP contribution in [0.5, 0.6) is 0 Å². The maximum absolute atomic E-state index is 12.6. The molecule has 0 fully saturated rings. The Kier molecular flexibility index (Phi) is 7.64. The number of nitro benzene ring substituents is 1. The van der Waals surface area contributed by atoms with E-state index in [0.29, 0.717) is 17.7 Å². The van der Waals surface area contributed by atoms with Crippen LogP contribution in [0.4, 0.5) is 11.4 Å². The van der Waals surface area contributed by atoms with E-state index in [1.54, 1.807) is 0 Å². The highest BCUT2D eigenvalue weighted by atomic mass is 32.2. The summed E-state index contributed by atoms with van der Waals surface area (Å²) in [5, 5.41) is 13.9. The predicted molar refractivity (Wildman–Crippen MR) is 130 cm³/mol. The number of nitro groups is 1. The first kappa shape index (κ1) is 24.9. The van der Waals surface area contributed by atoms with Crippen LogP contribution in [0.15, 0.2) is 71.6 Å². The van der Waals surface area contributed by atoms with E-state index < -0.39 is 14.9 Å². The van der Waals surface area contributed by atoms with E-state index in [1.807, 2.05) is 38.4 Å². The number of carbonyl (C=O) groups excluding carboxylic acids is 1. The zero-order chi connectivity index (χ0) is 24.9. The van der Waals surface area contributed by atoms with Crippen molar-refractivity contribution in [2.45, 2.75) is 24.9 Å². The molecule has 3 rings (SSSR count). The summed E-state index contributed by atoms with van der Waals surface area (Å²) in [6.45, 7) is 2.73. The van der Waals surface area contributed by atoms with Gasteiger partial charge in [-0.05, 0) is 62.5 Å². The first-order valence-electron chi connectivity index (χ1n) is 10.4. The van der Waals surface area contributed by atoms with Crippen LogP contribution in [0.1, 0.15) is 27.0 Å². The molecule has 3 aromatic rings. The molecule has 0 aliphatic carbocycles. The van der Waals surface area contributed by atoms with E-state index in [9.17, 15) is 23.3 Å². The molecule has 0 radical (unpaired) electrons. The van der Waals surface area contributed by atoms with Gasteiger partial charge in [0.1, 0.15) is 0 Å². The molecular formula is C24H26N4O5S. The Morgan fingerprint density at radius 2 is 1.59 bits per heavy atom. The fraction of sp³-hybridized carbons (Fsp3) is 0.208. The van der Waals surface area contributed by atoms with Gasteiger partial charge >= 0.3 is 0 Å². The van der Waals surface area contributed by atoms with Crippen molar-refractivity contribution in [2.75, 3.05) is 18.8 Å². The van der Waals surface area contributed by atoms with Crippen LogP contribution >= 0.6 is 0 Å². The lowest BCUT2D eigenvalue weighted by Crippen LogP contribution is -2.22. The number of nitrogens with one attached hydrogen (secondary N) is 2. The average molecular weight is 483 g/mol. The Hall–Kier alpha value is -3.76. The van der Waals surface area contributed by atoms with Crippen molar-refractivity contribution >= 4 is 27.3 Å². The molecule has 0 bridgehead atoms. The van der Waals surface area contributed by atoms with Gasteiger partial charge in [0.2, 0.25) is 0 Å². The molecule has 0 aliphatic heterocycles. The Balaban J connectivity index is 1.62. The summed E-state index contributed by atoms with van der Waals surface area (Å²) in [6, 6.07) is 17.6. The molecule has 1 amide bonds. The van der Waals surface area contributed by atoms with Crippen molar-refractivity contribution < 1.29 is 18.1 Å². The van der Waals surface area contributed by atoms with Gasteiger partial charge in [-0.15, -0.1) is 0 Å². The lowest BCUT2D eigenvalue weighted by atomic mass is 10.1. The molecule has 178 valence electrons. The number of benzene rings is 3. The van der Waals surface area contributed by atoms with Crippen LogP contribution in [-0.4, -0.2) is 38.2 Å². The monoisotopic (exact) mass is 482 g/mol. The highest BCUT2D eigenvalue weighted by molar-refractivity contribution is 7.92. The van der Waals surface area contributed by atoms with Gasteiger partial charge < -0.3 is 10.2 Å². The third-order valence-corrected chi connectivity index (χ3v) is 6.44. The Bertz CT molecular complexity index is 1290. The minimum atomic E-state index is -4.03. The minimum Gasteiger partial charge on any atom is -0.348 e. The molecule has 0 saturated heterocycles. The number of rotatable bonds is 9. The second-order valence-corrected chi connectivity index (χ2v) is 9.81. The quantitative estimate of drug-likeness (QED) is 0.354. The van der Waals surface area contributed by atoms with Crippen LogP contribution in [-0.2, 0) is 23.1 Å². The van der Waals surface area contributed by atoms with Crippen molar-refractivity contribution in [3.8, 4) is 0 Å². The molecule has 0 spiro atoms. The van der Waals surface area contributed by atoms with Crippen LogP contribution in [0, 0.1) is 17.0 Å². The van der Waals surface area contributed by atoms with E-state index in [4.69, 9.17) is 0 Å². The molecule has 3 aromatic carbocycles. The van der Waals surface area contributed by atoms with Crippen LogP contribution in [0.25, 0.3) is 0 Å². The van der Waals surface area contributed by atoms with Gasteiger partial charge in [0, 0.05) is 36.0 Å². The van der Waals surface area contributed by atoms with Gasteiger partial charge in [0.25, 0.3) is 21.6 Å². The first-order chi connectivity index (χ1) is 16.0. The van der Waals surface area contributed by atoms with E-state index in [1.165, 1.54) is 48.9 Å². The Morgan fingerprint density at radius 3 is 2.18 bits per heavy atom. The molecule has 34 heavy (non-hydrogen) atoms. The summed E-state index contributed by atoms with van der Waals surface area (Å²) in [6.07, 6.45) is 0. The number of sulfonamides is 1. The SMILES string of the molecule is Cc1ccc(S(=O)(=O)Nc2ccc(C(=O)NCc3ccc(CN(C)C)cc3)cc2)cc1[N+](=O)[O-]. The second-order valence-electron chi connectivity index (χ2n) is 8.13. The van der Waals surface area contributed by atoms with Gasteiger partial charge in [0.05, 0.1) is 9.82 Å². The van der Waals surface area contributed by atoms with Crippen molar-refractivity contribution in [2.24, 2.45) is 0 Å². The van der Waals surface area contributed by atoms with Gasteiger partial charge in [0.15, 0.2) is 0 Å². The summed E-state index contributed by atoms with van der Waals surface area (Å²) in [4.78, 5) is 24.8. The van der Waals surface area contributed by atoms with Gasteiger partial charge in [-0.3, -0.25) is 19.6 Å². The summed E-state index contributed by atoms with van der Waals surface area (Å²) in [7, 11) is -0.0369. The first-order valence-corrected chi connectivity index (χ1v) is 11.9. The molecule has 0 unspecified atom stereocenters. The number of aryl methyl sites for hydroxylation is 1.